The summed E-state index contributed by atoms with van der Waals surface area (Å²) in [4.78, 5) is 11.5. The Morgan fingerprint density at radius 1 is 1.64 bits per heavy atom. The van der Waals surface area contributed by atoms with Gasteiger partial charge in [0.05, 0.1) is 0 Å². The Balaban J connectivity index is 2.03. The van der Waals surface area contributed by atoms with Gasteiger partial charge in [-0.25, -0.2) is 4.79 Å². The lowest BCUT2D eigenvalue weighted by Gasteiger charge is -1.98. The Bertz CT molecular complexity index is 293. The van der Waals surface area contributed by atoms with Gasteiger partial charge in [-0.05, 0) is 17.9 Å². The van der Waals surface area contributed by atoms with Gasteiger partial charge in [0.25, 0.3) is 0 Å². The first-order valence-corrected chi connectivity index (χ1v) is 5.29. The van der Waals surface area contributed by atoms with Crippen molar-refractivity contribution >= 4 is 17.3 Å². The molecule has 1 aromatic heterocycles. The molecule has 0 radical (unpaired) electrons. The number of aliphatic carboxylic acids is 1. The Labute approximate surface area is 87.1 Å². The van der Waals surface area contributed by atoms with Crippen LogP contribution in [0.1, 0.15) is 4.88 Å². The first-order chi connectivity index (χ1) is 6.79. The maximum absolute atomic E-state index is 10.1. The fourth-order valence-corrected chi connectivity index (χ4v) is 1.72. The third kappa shape index (κ3) is 4.79. The molecule has 0 amide bonds. The molecule has 0 aromatic carbocycles. The molecule has 0 saturated heterocycles. The standard InChI is InChI=1S/C10H13NO2S/c12-10(13)4-1-6-11-7-5-9-3-2-8-14-9/h1-4,8,11H,5-7H2,(H,12,13)/b4-1+. The van der Waals surface area contributed by atoms with Crippen LogP contribution in [0.25, 0.3) is 0 Å². The molecule has 4 heteroatoms. The molecule has 0 unspecified atom stereocenters. The molecule has 1 aromatic rings. The van der Waals surface area contributed by atoms with Crippen LogP contribution in [0.5, 0.6) is 0 Å². The van der Waals surface area contributed by atoms with Crippen molar-refractivity contribution in [1.29, 1.82) is 0 Å². The van der Waals surface area contributed by atoms with E-state index in [1.54, 1.807) is 17.4 Å². The molecule has 76 valence electrons. The third-order valence-electron chi connectivity index (χ3n) is 1.65. The van der Waals surface area contributed by atoms with E-state index in [0.29, 0.717) is 6.54 Å². The molecule has 0 aliphatic rings. The van der Waals surface area contributed by atoms with Crippen LogP contribution >= 0.6 is 11.3 Å². The van der Waals surface area contributed by atoms with E-state index in [1.807, 2.05) is 6.07 Å². The van der Waals surface area contributed by atoms with Gasteiger partial charge in [-0.2, -0.15) is 0 Å². The van der Waals surface area contributed by atoms with Crippen LogP contribution in [0.2, 0.25) is 0 Å². The predicted molar refractivity (Wildman–Crippen MR) is 57.7 cm³/mol. The summed E-state index contributed by atoms with van der Waals surface area (Å²) in [5.41, 5.74) is 0. The largest absolute Gasteiger partial charge is 0.478 e. The summed E-state index contributed by atoms with van der Waals surface area (Å²) in [6.07, 6.45) is 3.76. The summed E-state index contributed by atoms with van der Waals surface area (Å²) in [5, 5.41) is 13.5. The number of rotatable bonds is 6. The van der Waals surface area contributed by atoms with E-state index < -0.39 is 5.97 Å². The normalized spacial score (nSPS) is 10.9. The summed E-state index contributed by atoms with van der Waals surface area (Å²) in [6, 6.07) is 4.13. The van der Waals surface area contributed by atoms with Crippen LogP contribution in [0, 0.1) is 0 Å². The lowest BCUT2D eigenvalue weighted by atomic mass is 10.3. The van der Waals surface area contributed by atoms with Crippen molar-refractivity contribution in [1.82, 2.24) is 5.32 Å². The lowest BCUT2D eigenvalue weighted by molar-refractivity contribution is -0.131. The van der Waals surface area contributed by atoms with E-state index >= 15 is 0 Å². The minimum absolute atomic E-state index is 0.609. The molecular weight excluding hydrogens is 198 g/mol. The van der Waals surface area contributed by atoms with Gasteiger partial charge < -0.3 is 10.4 Å². The third-order valence-corrected chi connectivity index (χ3v) is 2.59. The lowest BCUT2D eigenvalue weighted by Crippen LogP contribution is -2.16. The Hall–Kier alpha value is -1.13. The zero-order valence-electron chi connectivity index (χ0n) is 7.77. The molecule has 0 fully saturated rings. The minimum atomic E-state index is -0.898. The van der Waals surface area contributed by atoms with Crippen molar-refractivity contribution in [2.75, 3.05) is 13.1 Å². The maximum atomic E-state index is 10.1. The molecule has 0 bridgehead atoms. The first-order valence-electron chi connectivity index (χ1n) is 4.41. The molecule has 0 spiro atoms. The van der Waals surface area contributed by atoms with Crippen molar-refractivity contribution in [3.63, 3.8) is 0 Å². The van der Waals surface area contributed by atoms with E-state index in [2.05, 4.69) is 16.8 Å². The summed E-state index contributed by atoms with van der Waals surface area (Å²) in [6.45, 7) is 1.49. The number of carboxylic acid groups (broad SMARTS) is 1. The zero-order chi connectivity index (χ0) is 10.2. The Kier molecular flexibility index (Phi) is 4.96. The molecule has 3 nitrogen and oxygen atoms in total. The summed E-state index contributed by atoms with van der Waals surface area (Å²) in [7, 11) is 0. The van der Waals surface area contributed by atoms with Gasteiger partial charge in [-0.3, -0.25) is 0 Å². The van der Waals surface area contributed by atoms with Gasteiger partial charge in [-0.15, -0.1) is 11.3 Å². The Morgan fingerprint density at radius 2 is 2.50 bits per heavy atom. The Morgan fingerprint density at radius 3 is 3.14 bits per heavy atom. The van der Waals surface area contributed by atoms with Crippen molar-refractivity contribution in [2.45, 2.75) is 6.42 Å². The van der Waals surface area contributed by atoms with Crippen molar-refractivity contribution in [3.8, 4) is 0 Å². The topological polar surface area (TPSA) is 49.3 Å². The number of thiophene rings is 1. The van der Waals surface area contributed by atoms with Crippen LogP contribution in [-0.4, -0.2) is 24.2 Å². The molecule has 14 heavy (non-hydrogen) atoms. The highest BCUT2D eigenvalue weighted by Crippen LogP contribution is 2.07. The zero-order valence-corrected chi connectivity index (χ0v) is 8.59. The predicted octanol–water partition coefficient (Wildman–Crippen LogP) is 1.52. The second-order valence-corrected chi connectivity index (χ2v) is 3.81. The van der Waals surface area contributed by atoms with E-state index in [0.717, 1.165) is 19.0 Å². The van der Waals surface area contributed by atoms with E-state index in [4.69, 9.17) is 5.11 Å². The van der Waals surface area contributed by atoms with Crippen LogP contribution in [0.4, 0.5) is 0 Å². The average Bonchev–Trinajstić information content (AvgIpc) is 2.63. The highest BCUT2D eigenvalue weighted by atomic mass is 32.1. The van der Waals surface area contributed by atoms with Gasteiger partial charge in [0, 0.05) is 24.0 Å². The molecule has 0 aliphatic heterocycles. The summed E-state index contributed by atoms with van der Waals surface area (Å²) < 4.78 is 0. The summed E-state index contributed by atoms with van der Waals surface area (Å²) in [5.74, 6) is -0.898. The minimum Gasteiger partial charge on any atom is -0.478 e. The maximum Gasteiger partial charge on any atom is 0.328 e. The van der Waals surface area contributed by atoms with Gasteiger partial charge in [0.15, 0.2) is 0 Å². The number of nitrogens with one attached hydrogen (secondary N) is 1. The van der Waals surface area contributed by atoms with Crippen LogP contribution in [0.3, 0.4) is 0 Å². The molecule has 0 aliphatic carbocycles. The van der Waals surface area contributed by atoms with E-state index in [-0.39, 0.29) is 0 Å². The van der Waals surface area contributed by atoms with Crippen molar-refractivity contribution in [3.05, 3.63) is 34.5 Å². The SMILES string of the molecule is O=C(O)/C=C/CNCCc1cccs1. The van der Waals surface area contributed by atoms with Crippen molar-refractivity contribution in [2.24, 2.45) is 0 Å². The van der Waals surface area contributed by atoms with Gasteiger partial charge >= 0.3 is 5.97 Å². The number of hydrogen-bond donors (Lipinski definition) is 2. The second-order valence-electron chi connectivity index (χ2n) is 2.77. The number of carboxylic acids is 1. The fraction of sp³-hybridized carbons (Fsp3) is 0.300. The molecular formula is C10H13NO2S. The van der Waals surface area contributed by atoms with Gasteiger partial charge in [-0.1, -0.05) is 12.1 Å². The van der Waals surface area contributed by atoms with Crippen molar-refractivity contribution < 1.29 is 9.90 Å². The van der Waals surface area contributed by atoms with E-state index in [1.165, 1.54) is 4.88 Å². The molecule has 0 atom stereocenters. The van der Waals surface area contributed by atoms with Gasteiger partial charge in [0.1, 0.15) is 0 Å². The highest BCUT2D eigenvalue weighted by molar-refractivity contribution is 7.09. The molecule has 0 saturated carbocycles. The molecule has 2 N–H and O–H groups in total. The van der Waals surface area contributed by atoms with Gasteiger partial charge in [0.2, 0.25) is 0 Å². The highest BCUT2D eigenvalue weighted by Gasteiger charge is 1.91. The number of carbonyl (C=O) groups is 1. The molecule has 1 heterocycles. The summed E-state index contributed by atoms with van der Waals surface area (Å²) >= 11 is 1.74. The number of hydrogen-bond acceptors (Lipinski definition) is 3. The molecule has 1 rings (SSSR count). The second kappa shape index (κ2) is 6.34. The smallest absolute Gasteiger partial charge is 0.328 e. The van der Waals surface area contributed by atoms with Crippen LogP contribution in [-0.2, 0) is 11.2 Å². The average molecular weight is 211 g/mol. The van der Waals surface area contributed by atoms with Crippen LogP contribution < -0.4 is 5.32 Å². The fourth-order valence-electron chi connectivity index (χ4n) is 1.01. The quantitative estimate of drug-likeness (QED) is 0.554. The van der Waals surface area contributed by atoms with E-state index in [9.17, 15) is 4.79 Å². The van der Waals surface area contributed by atoms with Crippen LogP contribution in [0.15, 0.2) is 29.7 Å². The first kappa shape index (κ1) is 10.9. The monoisotopic (exact) mass is 211 g/mol.